The van der Waals surface area contributed by atoms with Gasteiger partial charge in [-0.1, -0.05) is 27.7 Å². The van der Waals surface area contributed by atoms with Gasteiger partial charge >= 0.3 is 0 Å². The van der Waals surface area contributed by atoms with Gasteiger partial charge in [-0.05, 0) is 43.5 Å². The maximum absolute atomic E-state index is 12.7. The molecule has 1 aromatic rings. The van der Waals surface area contributed by atoms with Gasteiger partial charge in [-0.15, -0.1) is 0 Å². The lowest BCUT2D eigenvalue weighted by atomic mass is 9.95. The second kappa shape index (κ2) is 9.02. The van der Waals surface area contributed by atoms with E-state index in [0.717, 1.165) is 6.42 Å². The SMILES string of the molecule is CCCNC(=O)C1CCN(C(=O)c2ccc(NC(=O)C(C)(C)C)cc2)CC1. The predicted molar refractivity (Wildman–Crippen MR) is 106 cm³/mol. The Morgan fingerprint density at radius 2 is 1.67 bits per heavy atom. The molecule has 0 bridgehead atoms. The monoisotopic (exact) mass is 373 g/mol. The Bertz CT molecular complexity index is 669. The Labute approximate surface area is 161 Å². The zero-order valence-electron chi connectivity index (χ0n) is 16.8. The van der Waals surface area contributed by atoms with Crippen molar-refractivity contribution in [3.63, 3.8) is 0 Å². The van der Waals surface area contributed by atoms with E-state index in [1.807, 2.05) is 27.7 Å². The van der Waals surface area contributed by atoms with Crippen LogP contribution >= 0.6 is 0 Å². The van der Waals surface area contributed by atoms with Gasteiger partial charge in [0.15, 0.2) is 0 Å². The van der Waals surface area contributed by atoms with E-state index in [-0.39, 0.29) is 23.6 Å². The van der Waals surface area contributed by atoms with E-state index in [1.165, 1.54) is 0 Å². The van der Waals surface area contributed by atoms with Crippen LogP contribution in [0.4, 0.5) is 5.69 Å². The summed E-state index contributed by atoms with van der Waals surface area (Å²) < 4.78 is 0. The Kier molecular flexibility index (Phi) is 6.99. The third kappa shape index (κ3) is 5.81. The van der Waals surface area contributed by atoms with Crippen LogP contribution in [0.5, 0.6) is 0 Å². The molecule has 1 aliphatic heterocycles. The first kappa shape index (κ1) is 20.9. The van der Waals surface area contributed by atoms with Gasteiger partial charge in [-0.2, -0.15) is 0 Å². The molecule has 1 aliphatic rings. The van der Waals surface area contributed by atoms with Crippen LogP contribution in [0.1, 0.15) is 57.3 Å². The summed E-state index contributed by atoms with van der Waals surface area (Å²) in [5, 5.41) is 5.79. The molecule has 0 saturated carbocycles. The third-order valence-electron chi connectivity index (χ3n) is 4.77. The van der Waals surface area contributed by atoms with Crippen LogP contribution in [0.15, 0.2) is 24.3 Å². The van der Waals surface area contributed by atoms with E-state index in [2.05, 4.69) is 10.6 Å². The lowest BCUT2D eigenvalue weighted by Gasteiger charge is -2.31. The molecule has 1 aromatic carbocycles. The zero-order valence-corrected chi connectivity index (χ0v) is 16.8. The fourth-order valence-electron chi connectivity index (χ4n) is 2.93. The van der Waals surface area contributed by atoms with Gasteiger partial charge in [0, 0.05) is 42.2 Å². The van der Waals surface area contributed by atoms with Gasteiger partial charge in [-0.25, -0.2) is 0 Å². The maximum Gasteiger partial charge on any atom is 0.253 e. The molecule has 1 heterocycles. The van der Waals surface area contributed by atoms with Gasteiger partial charge in [-0.3, -0.25) is 14.4 Å². The van der Waals surface area contributed by atoms with Gasteiger partial charge in [0.2, 0.25) is 11.8 Å². The molecule has 1 saturated heterocycles. The molecular weight excluding hydrogens is 342 g/mol. The molecule has 2 rings (SSSR count). The van der Waals surface area contributed by atoms with Crippen molar-refractivity contribution >= 4 is 23.4 Å². The first-order valence-electron chi connectivity index (χ1n) is 9.71. The number of nitrogens with one attached hydrogen (secondary N) is 2. The summed E-state index contributed by atoms with van der Waals surface area (Å²) in [5.74, 6) is -0.000379. The van der Waals surface area contributed by atoms with Crippen LogP contribution in [0.2, 0.25) is 0 Å². The summed E-state index contributed by atoms with van der Waals surface area (Å²) in [6, 6.07) is 6.98. The van der Waals surface area contributed by atoms with Crippen molar-refractivity contribution in [1.82, 2.24) is 10.2 Å². The van der Waals surface area contributed by atoms with Gasteiger partial charge in [0.25, 0.3) is 5.91 Å². The number of rotatable bonds is 5. The highest BCUT2D eigenvalue weighted by Crippen LogP contribution is 2.21. The number of piperidine rings is 1. The van der Waals surface area contributed by atoms with Crippen LogP contribution in [-0.4, -0.2) is 42.3 Å². The van der Waals surface area contributed by atoms with E-state index in [4.69, 9.17) is 0 Å². The highest BCUT2D eigenvalue weighted by Gasteiger charge is 2.27. The van der Waals surface area contributed by atoms with Crippen molar-refractivity contribution < 1.29 is 14.4 Å². The molecule has 1 fully saturated rings. The molecule has 0 aromatic heterocycles. The smallest absolute Gasteiger partial charge is 0.253 e. The van der Waals surface area contributed by atoms with Crippen molar-refractivity contribution in [3.05, 3.63) is 29.8 Å². The van der Waals surface area contributed by atoms with Crippen LogP contribution in [0.3, 0.4) is 0 Å². The molecular formula is C21H31N3O3. The van der Waals surface area contributed by atoms with Crippen LogP contribution < -0.4 is 10.6 Å². The quantitative estimate of drug-likeness (QED) is 0.833. The first-order chi connectivity index (χ1) is 12.7. The summed E-state index contributed by atoms with van der Waals surface area (Å²) >= 11 is 0. The summed E-state index contributed by atoms with van der Waals surface area (Å²) in [6.45, 7) is 9.47. The summed E-state index contributed by atoms with van der Waals surface area (Å²) in [6.07, 6.45) is 2.32. The first-order valence-corrected chi connectivity index (χ1v) is 9.71. The largest absolute Gasteiger partial charge is 0.356 e. The number of benzene rings is 1. The molecule has 6 heteroatoms. The number of carbonyl (C=O) groups excluding carboxylic acids is 3. The number of hydrogen-bond acceptors (Lipinski definition) is 3. The average Bonchev–Trinajstić information content (AvgIpc) is 2.65. The second-order valence-electron chi connectivity index (χ2n) is 8.14. The van der Waals surface area contributed by atoms with Crippen LogP contribution in [-0.2, 0) is 9.59 Å². The molecule has 0 aliphatic carbocycles. The fourth-order valence-corrected chi connectivity index (χ4v) is 2.93. The van der Waals surface area contributed by atoms with E-state index < -0.39 is 5.41 Å². The summed E-state index contributed by atoms with van der Waals surface area (Å²) in [4.78, 5) is 38.6. The molecule has 2 N–H and O–H groups in total. The molecule has 27 heavy (non-hydrogen) atoms. The lowest BCUT2D eigenvalue weighted by molar-refractivity contribution is -0.126. The number of anilines is 1. The number of carbonyl (C=O) groups is 3. The Morgan fingerprint density at radius 1 is 1.07 bits per heavy atom. The van der Waals surface area contributed by atoms with Crippen molar-refractivity contribution in [1.29, 1.82) is 0 Å². The van der Waals surface area contributed by atoms with Crippen molar-refractivity contribution in [2.24, 2.45) is 11.3 Å². The van der Waals surface area contributed by atoms with Crippen LogP contribution in [0.25, 0.3) is 0 Å². The van der Waals surface area contributed by atoms with Gasteiger partial charge in [0.1, 0.15) is 0 Å². The molecule has 0 unspecified atom stereocenters. The molecule has 0 radical (unpaired) electrons. The summed E-state index contributed by atoms with van der Waals surface area (Å²) in [5.41, 5.74) is 0.804. The van der Waals surface area contributed by atoms with E-state index in [1.54, 1.807) is 29.2 Å². The van der Waals surface area contributed by atoms with Gasteiger partial charge < -0.3 is 15.5 Å². The molecule has 0 spiro atoms. The van der Waals surface area contributed by atoms with Crippen LogP contribution in [0, 0.1) is 11.3 Å². The highest BCUT2D eigenvalue weighted by atomic mass is 16.2. The van der Waals surface area contributed by atoms with E-state index >= 15 is 0 Å². The minimum Gasteiger partial charge on any atom is -0.356 e. The molecule has 0 atom stereocenters. The lowest BCUT2D eigenvalue weighted by Crippen LogP contribution is -2.43. The maximum atomic E-state index is 12.7. The number of amides is 3. The minimum absolute atomic E-state index is 0.00409. The molecule has 148 valence electrons. The number of hydrogen-bond donors (Lipinski definition) is 2. The second-order valence-corrected chi connectivity index (χ2v) is 8.14. The fraction of sp³-hybridized carbons (Fsp3) is 0.571. The van der Waals surface area contributed by atoms with Crippen molar-refractivity contribution in [2.45, 2.75) is 47.0 Å². The molecule has 6 nitrogen and oxygen atoms in total. The zero-order chi connectivity index (χ0) is 20.0. The number of nitrogens with zero attached hydrogens (tertiary/aromatic N) is 1. The van der Waals surface area contributed by atoms with E-state index in [0.29, 0.717) is 43.7 Å². The summed E-state index contributed by atoms with van der Waals surface area (Å²) in [7, 11) is 0. The Morgan fingerprint density at radius 3 is 2.19 bits per heavy atom. The predicted octanol–water partition coefficient (Wildman–Crippen LogP) is 3.05. The minimum atomic E-state index is -0.470. The van der Waals surface area contributed by atoms with Gasteiger partial charge in [0.05, 0.1) is 0 Å². The molecule has 3 amide bonds. The third-order valence-corrected chi connectivity index (χ3v) is 4.77. The Hall–Kier alpha value is -2.37. The standard InChI is InChI=1S/C21H31N3O3/c1-5-12-22-18(25)15-10-13-24(14-11-15)19(26)16-6-8-17(9-7-16)23-20(27)21(2,3)4/h6-9,15H,5,10-14H2,1-4H3,(H,22,25)(H,23,27). The highest BCUT2D eigenvalue weighted by molar-refractivity contribution is 5.97. The Balaban J connectivity index is 1.89. The normalized spacial score (nSPS) is 15.3. The van der Waals surface area contributed by atoms with Crippen molar-refractivity contribution in [2.75, 3.05) is 25.0 Å². The number of likely N-dealkylation sites (tertiary alicyclic amines) is 1. The van der Waals surface area contributed by atoms with E-state index in [9.17, 15) is 14.4 Å². The van der Waals surface area contributed by atoms with Crippen molar-refractivity contribution in [3.8, 4) is 0 Å². The topological polar surface area (TPSA) is 78.5 Å². The average molecular weight is 373 g/mol.